The van der Waals surface area contributed by atoms with Gasteiger partial charge in [0.2, 0.25) is 5.88 Å². The van der Waals surface area contributed by atoms with E-state index < -0.39 is 15.8 Å². The van der Waals surface area contributed by atoms with E-state index >= 15 is 0 Å². The molecule has 156 valence electrons. The van der Waals surface area contributed by atoms with Crippen LogP contribution < -0.4 is 9.04 Å². The van der Waals surface area contributed by atoms with Gasteiger partial charge in [-0.05, 0) is 48.5 Å². The summed E-state index contributed by atoms with van der Waals surface area (Å²) in [6.07, 6.45) is 1.61. The zero-order valence-corrected chi connectivity index (χ0v) is 17.3. The van der Waals surface area contributed by atoms with Crippen LogP contribution in [0.1, 0.15) is 0 Å². The van der Waals surface area contributed by atoms with E-state index in [1.165, 1.54) is 19.2 Å². The van der Waals surface area contributed by atoms with E-state index in [-0.39, 0.29) is 4.90 Å². The minimum atomic E-state index is -3.81. The minimum absolute atomic E-state index is 0.00570. The molecule has 0 radical (unpaired) electrons. The van der Waals surface area contributed by atoms with Crippen LogP contribution in [0.5, 0.6) is 11.6 Å². The van der Waals surface area contributed by atoms with E-state index in [1.807, 2.05) is 30.3 Å². The number of anilines is 1. The molecule has 31 heavy (non-hydrogen) atoms. The van der Waals surface area contributed by atoms with E-state index in [1.54, 1.807) is 36.5 Å². The van der Waals surface area contributed by atoms with Gasteiger partial charge in [-0.25, -0.2) is 17.8 Å². The van der Waals surface area contributed by atoms with Crippen molar-refractivity contribution in [3.05, 3.63) is 96.9 Å². The number of aromatic nitrogens is 2. The normalized spacial score (nSPS) is 11.2. The van der Waals surface area contributed by atoms with Crippen molar-refractivity contribution in [2.45, 2.75) is 4.90 Å². The maximum Gasteiger partial charge on any atom is 0.264 e. The van der Waals surface area contributed by atoms with E-state index in [0.717, 1.165) is 22.0 Å². The molecule has 0 bridgehead atoms. The average Bonchev–Trinajstić information content (AvgIpc) is 2.80. The number of rotatable bonds is 6. The van der Waals surface area contributed by atoms with Gasteiger partial charge in [0.05, 0.1) is 10.6 Å². The molecule has 4 rings (SSSR count). The van der Waals surface area contributed by atoms with Crippen LogP contribution in [0, 0.1) is 5.82 Å². The molecular formula is C23H18FN3O3S. The van der Waals surface area contributed by atoms with Gasteiger partial charge in [-0.2, -0.15) is 4.98 Å². The predicted molar refractivity (Wildman–Crippen MR) is 116 cm³/mol. The lowest BCUT2D eigenvalue weighted by Crippen LogP contribution is -2.26. The number of benzene rings is 3. The highest BCUT2D eigenvalue weighted by Gasteiger charge is 2.21. The Labute approximate surface area is 179 Å². The van der Waals surface area contributed by atoms with Gasteiger partial charge in [0, 0.05) is 24.9 Å². The highest BCUT2D eigenvalue weighted by Crippen LogP contribution is 2.27. The van der Waals surface area contributed by atoms with Gasteiger partial charge in [-0.3, -0.25) is 4.31 Å². The van der Waals surface area contributed by atoms with Crippen LogP contribution in [0.2, 0.25) is 0 Å². The molecular weight excluding hydrogens is 417 g/mol. The SMILES string of the molecule is CN(c1ccc(Oc2ccnc(-c3ccccc3)n2)cc1)S(=O)(=O)c1ccc(F)cc1. The van der Waals surface area contributed by atoms with E-state index in [2.05, 4.69) is 9.97 Å². The summed E-state index contributed by atoms with van der Waals surface area (Å²) in [5, 5.41) is 0. The minimum Gasteiger partial charge on any atom is -0.439 e. The standard InChI is InChI=1S/C23H18FN3O3S/c1-27(31(28,29)21-13-7-18(24)8-14-21)19-9-11-20(12-10-19)30-22-15-16-25-23(26-22)17-5-3-2-4-6-17/h2-16H,1H3. The molecule has 0 saturated heterocycles. The molecule has 4 aromatic rings. The van der Waals surface area contributed by atoms with E-state index in [9.17, 15) is 12.8 Å². The Bertz CT molecular complexity index is 1280. The zero-order valence-electron chi connectivity index (χ0n) is 16.5. The Balaban J connectivity index is 1.52. The first kappa shape index (κ1) is 20.5. The lowest BCUT2D eigenvalue weighted by Gasteiger charge is -2.19. The molecule has 1 aromatic heterocycles. The van der Waals surface area contributed by atoms with Crippen molar-refractivity contribution in [3.63, 3.8) is 0 Å². The third kappa shape index (κ3) is 4.54. The Kier molecular flexibility index (Phi) is 5.64. The fourth-order valence-corrected chi connectivity index (χ4v) is 4.07. The number of ether oxygens (including phenoxy) is 1. The molecule has 0 fully saturated rings. The number of hydrogen-bond donors (Lipinski definition) is 0. The summed E-state index contributed by atoms with van der Waals surface area (Å²) in [7, 11) is -2.38. The smallest absolute Gasteiger partial charge is 0.264 e. The Morgan fingerprint density at radius 1 is 0.871 bits per heavy atom. The molecule has 0 atom stereocenters. The highest BCUT2D eigenvalue weighted by molar-refractivity contribution is 7.92. The van der Waals surface area contributed by atoms with Crippen molar-refractivity contribution in [1.82, 2.24) is 9.97 Å². The second-order valence-electron chi connectivity index (χ2n) is 6.61. The fraction of sp³-hybridized carbons (Fsp3) is 0.0435. The molecule has 0 amide bonds. The van der Waals surface area contributed by atoms with Gasteiger partial charge in [-0.15, -0.1) is 0 Å². The molecule has 0 aliphatic carbocycles. The topological polar surface area (TPSA) is 72.4 Å². The maximum absolute atomic E-state index is 13.1. The summed E-state index contributed by atoms with van der Waals surface area (Å²) in [4.78, 5) is 8.68. The van der Waals surface area contributed by atoms with Crippen LogP contribution in [0.4, 0.5) is 10.1 Å². The number of sulfonamides is 1. The molecule has 1 heterocycles. The van der Waals surface area contributed by atoms with Crippen LogP contribution in [0.25, 0.3) is 11.4 Å². The van der Waals surface area contributed by atoms with Crippen LogP contribution in [0.3, 0.4) is 0 Å². The van der Waals surface area contributed by atoms with E-state index in [4.69, 9.17) is 4.74 Å². The molecule has 0 aliphatic heterocycles. The largest absolute Gasteiger partial charge is 0.439 e. The molecule has 0 N–H and O–H groups in total. The lowest BCUT2D eigenvalue weighted by atomic mass is 10.2. The van der Waals surface area contributed by atoms with Crippen molar-refractivity contribution in [2.75, 3.05) is 11.4 Å². The first-order valence-corrected chi connectivity index (χ1v) is 10.8. The molecule has 0 spiro atoms. The van der Waals surface area contributed by atoms with Gasteiger partial charge < -0.3 is 4.74 Å². The second kappa shape index (κ2) is 8.53. The number of halogens is 1. The second-order valence-corrected chi connectivity index (χ2v) is 8.58. The predicted octanol–water partition coefficient (Wildman–Crippen LogP) is 4.90. The first-order valence-electron chi connectivity index (χ1n) is 9.34. The average molecular weight is 435 g/mol. The van der Waals surface area contributed by atoms with Gasteiger partial charge in [0.1, 0.15) is 11.6 Å². The monoisotopic (exact) mass is 435 g/mol. The zero-order chi connectivity index (χ0) is 21.8. The summed E-state index contributed by atoms with van der Waals surface area (Å²) in [5.74, 6) is 0.908. The summed E-state index contributed by atoms with van der Waals surface area (Å²) in [6, 6.07) is 22.4. The molecule has 0 unspecified atom stereocenters. The molecule has 0 saturated carbocycles. The quantitative estimate of drug-likeness (QED) is 0.431. The van der Waals surface area contributed by atoms with Gasteiger partial charge in [-0.1, -0.05) is 30.3 Å². The molecule has 6 nitrogen and oxygen atoms in total. The van der Waals surface area contributed by atoms with Crippen molar-refractivity contribution in [1.29, 1.82) is 0 Å². The third-order valence-electron chi connectivity index (χ3n) is 4.56. The van der Waals surface area contributed by atoms with Crippen LogP contribution >= 0.6 is 0 Å². The Morgan fingerprint density at radius 3 is 2.23 bits per heavy atom. The summed E-state index contributed by atoms with van der Waals surface area (Å²) in [5.41, 5.74) is 1.31. The maximum atomic E-state index is 13.1. The van der Waals surface area contributed by atoms with Gasteiger partial charge in [0.15, 0.2) is 5.82 Å². The lowest BCUT2D eigenvalue weighted by molar-refractivity contribution is 0.462. The summed E-state index contributed by atoms with van der Waals surface area (Å²) < 4.78 is 45.5. The Morgan fingerprint density at radius 2 is 1.55 bits per heavy atom. The van der Waals surface area contributed by atoms with Crippen molar-refractivity contribution >= 4 is 15.7 Å². The Hall–Kier alpha value is -3.78. The third-order valence-corrected chi connectivity index (χ3v) is 6.36. The van der Waals surface area contributed by atoms with E-state index in [0.29, 0.717) is 23.1 Å². The van der Waals surface area contributed by atoms with Crippen LogP contribution in [-0.4, -0.2) is 25.4 Å². The van der Waals surface area contributed by atoms with Gasteiger partial charge in [0.25, 0.3) is 10.0 Å². The summed E-state index contributed by atoms with van der Waals surface area (Å²) >= 11 is 0. The fourth-order valence-electron chi connectivity index (χ4n) is 2.87. The molecule has 0 aliphatic rings. The first-order chi connectivity index (χ1) is 14.9. The highest BCUT2D eigenvalue weighted by atomic mass is 32.2. The number of nitrogens with zero attached hydrogens (tertiary/aromatic N) is 3. The van der Waals surface area contributed by atoms with Crippen molar-refractivity contribution in [3.8, 4) is 23.0 Å². The number of hydrogen-bond acceptors (Lipinski definition) is 5. The van der Waals surface area contributed by atoms with Crippen molar-refractivity contribution in [2.24, 2.45) is 0 Å². The van der Waals surface area contributed by atoms with Crippen LogP contribution in [0.15, 0.2) is 96.0 Å². The molecule has 8 heteroatoms. The molecule has 3 aromatic carbocycles. The van der Waals surface area contributed by atoms with Crippen LogP contribution in [-0.2, 0) is 10.0 Å². The van der Waals surface area contributed by atoms with Crippen molar-refractivity contribution < 1.29 is 17.5 Å². The summed E-state index contributed by atoms with van der Waals surface area (Å²) in [6.45, 7) is 0. The van der Waals surface area contributed by atoms with Gasteiger partial charge >= 0.3 is 0 Å².